The van der Waals surface area contributed by atoms with Gasteiger partial charge >= 0.3 is 0 Å². The summed E-state index contributed by atoms with van der Waals surface area (Å²) < 4.78 is 10.9. The summed E-state index contributed by atoms with van der Waals surface area (Å²) in [5, 5.41) is 6.95. The second-order valence-corrected chi connectivity index (χ2v) is 6.87. The monoisotopic (exact) mass is 371 g/mol. The van der Waals surface area contributed by atoms with Crippen LogP contribution in [0.5, 0.6) is 5.75 Å². The molecule has 0 aliphatic carbocycles. The average molecular weight is 371 g/mol. The first kappa shape index (κ1) is 18.9. The van der Waals surface area contributed by atoms with Gasteiger partial charge < -0.3 is 19.5 Å². The summed E-state index contributed by atoms with van der Waals surface area (Å²) in [6.07, 6.45) is 1.56. The number of hydrogen-bond acceptors (Lipinski definition) is 5. The number of benzene rings is 1. The number of piperidine rings is 1. The van der Waals surface area contributed by atoms with Gasteiger partial charge in [0.05, 0.1) is 11.3 Å². The molecule has 3 rings (SSSR count). The van der Waals surface area contributed by atoms with Crippen molar-refractivity contribution in [1.29, 1.82) is 0 Å². The highest BCUT2D eigenvalue weighted by Gasteiger charge is 2.22. The number of carbonyl (C=O) groups excluding carboxylic acids is 2. The fourth-order valence-electron chi connectivity index (χ4n) is 3.17. The predicted octanol–water partition coefficient (Wildman–Crippen LogP) is 2.61. The molecular formula is C20H25N3O4. The van der Waals surface area contributed by atoms with E-state index in [0.29, 0.717) is 31.0 Å². The Hall–Kier alpha value is -2.83. The molecule has 1 N–H and O–H groups in total. The lowest BCUT2D eigenvalue weighted by Crippen LogP contribution is -2.45. The van der Waals surface area contributed by atoms with E-state index in [9.17, 15) is 9.59 Å². The van der Waals surface area contributed by atoms with Gasteiger partial charge in [0.1, 0.15) is 18.1 Å². The number of amides is 2. The molecule has 0 atom stereocenters. The Bertz CT molecular complexity index is 786. The smallest absolute Gasteiger partial charge is 0.251 e. The Kier molecular flexibility index (Phi) is 5.78. The molecular weight excluding hydrogens is 346 g/mol. The highest BCUT2D eigenvalue weighted by molar-refractivity contribution is 5.94. The van der Waals surface area contributed by atoms with Gasteiger partial charge in [-0.15, -0.1) is 0 Å². The van der Waals surface area contributed by atoms with E-state index in [1.165, 1.54) is 0 Å². The second kappa shape index (κ2) is 8.24. The minimum absolute atomic E-state index is 0.0898. The molecule has 144 valence electrons. The first-order valence-electron chi connectivity index (χ1n) is 9.15. The Labute approximate surface area is 158 Å². The first-order chi connectivity index (χ1) is 12.9. The van der Waals surface area contributed by atoms with Gasteiger partial charge in [0, 0.05) is 31.6 Å². The lowest BCUT2D eigenvalue weighted by Gasteiger charge is -2.31. The lowest BCUT2D eigenvalue weighted by molar-refractivity contribution is -0.129. The third-order valence-electron chi connectivity index (χ3n) is 4.96. The molecule has 0 saturated carbocycles. The first-order valence-corrected chi connectivity index (χ1v) is 9.15. The number of nitrogens with one attached hydrogen (secondary N) is 1. The number of ether oxygens (including phenoxy) is 1. The summed E-state index contributed by atoms with van der Waals surface area (Å²) in [6, 6.07) is 7.17. The SMILES string of the molecule is CC(=O)N1CCC(NC(=O)c2ccc(OCc3c(C)noc3C)cc2)CC1. The van der Waals surface area contributed by atoms with Crippen LogP contribution in [0.3, 0.4) is 0 Å². The van der Waals surface area contributed by atoms with Crippen LogP contribution in [-0.2, 0) is 11.4 Å². The van der Waals surface area contributed by atoms with Crippen LogP contribution in [0, 0.1) is 13.8 Å². The molecule has 1 saturated heterocycles. The van der Waals surface area contributed by atoms with E-state index in [-0.39, 0.29) is 17.9 Å². The lowest BCUT2D eigenvalue weighted by atomic mass is 10.0. The largest absolute Gasteiger partial charge is 0.489 e. The zero-order valence-corrected chi connectivity index (χ0v) is 15.9. The number of hydrogen-bond donors (Lipinski definition) is 1. The van der Waals surface area contributed by atoms with E-state index in [2.05, 4.69) is 10.5 Å². The minimum atomic E-state index is -0.103. The molecule has 1 aliphatic rings. The van der Waals surface area contributed by atoms with Gasteiger partial charge in [-0.1, -0.05) is 5.16 Å². The van der Waals surface area contributed by atoms with Crippen molar-refractivity contribution >= 4 is 11.8 Å². The van der Waals surface area contributed by atoms with Crippen molar-refractivity contribution in [3.05, 3.63) is 46.8 Å². The van der Waals surface area contributed by atoms with Crippen molar-refractivity contribution in [2.75, 3.05) is 13.1 Å². The summed E-state index contributed by atoms with van der Waals surface area (Å²) in [6.45, 7) is 7.07. The molecule has 0 bridgehead atoms. The van der Waals surface area contributed by atoms with Crippen LogP contribution < -0.4 is 10.1 Å². The van der Waals surface area contributed by atoms with Crippen molar-refractivity contribution in [3.63, 3.8) is 0 Å². The van der Waals surface area contributed by atoms with Crippen LogP contribution in [0.2, 0.25) is 0 Å². The maximum absolute atomic E-state index is 12.4. The summed E-state index contributed by atoms with van der Waals surface area (Å²) in [4.78, 5) is 25.6. The number of carbonyl (C=O) groups is 2. The molecule has 0 unspecified atom stereocenters. The quantitative estimate of drug-likeness (QED) is 0.873. The Balaban J connectivity index is 1.51. The third kappa shape index (κ3) is 4.67. The molecule has 2 aromatic rings. The van der Waals surface area contributed by atoms with Gasteiger partial charge in [0.2, 0.25) is 5.91 Å². The highest BCUT2D eigenvalue weighted by atomic mass is 16.5. The Morgan fingerprint density at radius 2 is 1.89 bits per heavy atom. The van der Waals surface area contributed by atoms with Crippen LogP contribution in [-0.4, -0.2) is 41.0 Å². The molecule has 7 nitrogen and oxygen atoms in total. The maximum atomic E-state index is 12.4. The normalized spacial score (nSPS) is 14.9. The molecule has 2 heterocycles. The van der Waals surface area contributed by atoms with E-state index in [1.807, 2.05) is 18.7 Å². The molecule has 27 heavy (non-hydrogen) atoms. The van der Waals surface area contributed by atoms with Gasteiger partial charge in [0.25, 0.3) is 5.91 Å². The molecule has 0 spiro atoms. The molecule has 0 radical (unpaired) electrons. The van der Waals surface area contributed by atoms with E-state index < -0.39 is 0 Å². The van der Waals surface area contributed by atoms with Crippen molar-refractivity contribution in [2.24, 2.45) is 0 Å². The van der Waals surface area contributed by atoms with Crippen LogP contribution in [0.1, 0.15) is 47.1 Å². The number of rotatable bonds is 5. The molecule has 1 aliphatic heterocycles. The van der Waals surface area contributed by atoms with Crippen LogP contribution in [0.4, 0.5) is 0 Å². The van der Waals surface area contributed by atoms with Gasteiger partial charge in [0.15, 0.2) is 0 Å². The summed E-state index contributed by atoms with van der Waals surface area (Å²) in [5.41, 5.74) is 2.35. The topological polar surface area (TPSA) is 84.7 Å². The highest BCUT2D eigenvalue weighted by Crippen LogP contribution is 2.18. The molecule has 1 aromatic heterocycles. The van der Waals surface area contributed by atoms with Crippen LogP contribution in [0.15, 0.2) is 28.8 Å². The van der Waals surface area contributed by atoms with Crippen molar-refractivity contribution < 1.29 is 18.8 Å². The van der Waals surface area contributed by atoms with E-state index in [0.717, 1.165) is 29.9 Å². The standard InChI is InChI=1S/C20H25N3O4/c1-13-19(14(2)27-22-13)12-26-18-6-4-16(5-7-18)20(25)21-17-8-10-23(11-9-17)15(3)24/h4-7,17H,8-12H2,1-3H3,(H,21,25). The summed E-state index contributed by atoms with van der Waals surface area (Å²) in [7, 11) is 0. The fourth-order valence-corrected chi connectivity index (χ4v) is 3.17. The number of nitrogens with zero attached hydrogens (tertiary/aromatic N) is 2. The van der Waals surface area contributed by atoms with Crippen molar-refractivity contribution in [2.45, 2.75) is 46.3 Å². The Morgan fingerprint density at radius 3 is 2.44 bits per heavy atom. The van der Waals surface area contributed by atoms with Gasteiger partial charge in [-0.2, -0.15) is 0 Å². The van der Waals surface area contributed by atoms with Crippen LogP contribution >= 0.6 is 0 Å². The van der Waals surface area contributed by atoms with Gasteiger partial charge in [-0.05, 0) is 51.0 Å². The zero-order chi connectivity index (χ0) is 19.4. The van der Waals surface area contributed by atoms with E-state index in [1.54, 1.807) is 31.2 Å². The van der Waals surface area contributed by atoms with Crippen molar-refractivity contribution in [1.82, 2.24) is 15.4 Å². The number of likely N-dealkylation sites (tertiary alicyclic amines) is 1. The molecule has 1 aromatic carbocycles. The molecule has 2 amide bonds. The zero-order valence-electron chi connectivity index (χ0n) is 15.9. The Morgan fingerprint density at radius 1 is 1.22 bits per heavy atom. The molecule has 7 heteroatoms. The third-order valence-corrected chi connectivity index (χ3v) is 4.96. The van der Waals surface area contributed by atoms with Crippen molar-refractivity contribution in [3.8, 4) is 5.75 Å². The summed E-state index contributed by atoms with van der Waals surface area (Å²) in [5.74, 6) is 1.42. The number of aryl methyl sites for hydroxylation is 2. The van der Waals surface area contributed by atoms with Gasteiger partial charge in [-0.25, -0.2) is 0 Å². The molecule has 1 fully saturated rings. The average Bonchev–Trinajstić information content (AvgIpc) is 2.98. The minimum Gasteiger partial charge on any atom is -0.489 e. The van der Waals surface area contributed by atoms with E-state index in [4.69, 9.17) is 9.26 Å². The second-order valence-electron chi connectivity index (χ2n) is 6.87. The van der Waals surface area contributed by atoms with E-state index >= 15 is 0 Å². The van der Waals surface area contributed by atoms with Gasteiger partial charge in [-0.3, -0.25) is 9.59 Å². The maximum Gasteiger partial charge on any atom is 0.251 e. The predicted molar refractivity (Wildman–Crippen MR) is 99.5 cm³/mol. The number of aromatic nitrogens is 1. The summed E-state index contributed by atoms with van der Waals surface area (Å²) >= 11 is 0. The van der Waals surface area contributed by atoms with Crippen LogP contribution in [0.25, 0.3) is 0 Å². The fraction of sp³-hybridized carbons (Fsp3) is 0.450.